The molecular formula is C17H19N3O4S2. The monoisotopic (exact) mass is 393 g/mol. The molecule has 9 heteroatoms. The van der Waals surface area contributed by atoms with Crippen LogP contribution in [-0.2, 0) is 10.0 Å². The van der Waals surface area contributed by atoms with Crippen molar-refractivity contribution in [3.8, 4) is 0 Å². The summed E-state index contributed by atoms with van der Waals surface area (Å²) in [6.07, 6.45) is 2.01. The molecule has 0 aliphatic carbocycles. The van der Waals surface area contributed by atoms with Crippen molar-refractivity contribution in [3.63, 3.8) is 0 Å². The van der Waals surface area contributed by atoms with Gasteiger partial charge < -0.3 is 4.90 Å². The third kappa shape index (κ3) is 3.55. The van der Waals surface area contributed by atoms with E-state index < -0.39 is 14.9 Å². The van der Waals surface area contributed by atoms with E-state index in [0.29, 0.717) is 13.1 Å². The SMILES string of the molecule is CSc1ccccc1N1CCN(S(=O)(=O)c2ccccc2[N+](=O)[O-])CC1. The first-order valence-corrected chi connectivity index (χ1v) is 10.7. The maximum Gasteiger partial charge on any atom is 0.289 e. The van der Waals surface area contributed by atoms with Crippen LogP contribution < -0.4 is 4.90 Å². The van der Waals surface area contributed by atoms with Gasteiger partial charge in [0.1, 0.15) is 0 Å². The van der Waals surface area contributed by atoms with Crippen molar-refractivity contribution in [2.45, 2.75) is 9.79 Å². The van der Waals surface area contributed by atoms with Gasteiger partial charge in [-0.2, -0.15) is 4.31 Å². The lowest BCUT2D eigenvalue weighted by molar-refractivity contribution is -0.387. The summed E-state index contributed by atoms with van der Waals surface area (Å²) in [4.78, 5) is 13.6. The third-order valence-electron chi connectivity index (χ3n) is 4.34. The van der Waals surface area contributed by atoms with Crippen LogP contribution in [0.25, 0.3) is 0 Å². The quantitative estimate of drug-likeness (QED) is 0.441. The Morgan fingerprint density at radius 2 is 1.62 bits per heavy atom. The highest BCUT2D eigenvalue weighted by atomic mass is 32.2. The molecule has 2 aromatic rings. The van der Waals surface area contributed by atoms with Gasteiger partial charge in [0.15, 0.2) is 4.90 Å². The molecule has 2 aromatic carbocycles. The Hall–Kier alpha value is -2.10. The number of sulfonamides is 1. The van der Waals surface area contributed by atoms with E-state index in [9.17, 15) is 18.5 Å². The Morgan fingerprint density at radius 1 is 1.00 bits per heavy atom. The first-order chi connectivity index (χ1) is 12.4. The molecule has 138 valence electrons. The summed E-state index contributed by atoms with van der Waals surface area (Å²) >= 11 is 1.65. The van der Waals surface area contributed by atoms with Gasteiger partial charge in [-0.15, -0.1) is 11.8 Å². The molecule has 1 aliphatic rings. The van der Waals surface area contributed by atoms with Crippen molar-refractivity contribution < 1.29 is 13.3 Å². The number of anilines is 1. The van der Waals surface area contributed by atoms with E-state index in [0.717, 1.165) is 10.6 Å². The summed E-state index contributed by atoms with van der Waals surface area (Å²) in [5.74, 6) is 0. The number of nitro groups is 1. The lowest BCUT2D eigenvalue weighted by atomic mass is 10.2. The number of thioether (sulfide) groups is 1. The topological polar surface area (TPSA) is 83.8 Å². The van der Waals surface area contributed by atoms with Crippen LogP contribution >= 0.6 is 11.8 Å². The first-order valence-electron chi connectivity index (χ1n) is 8.06. The molecule has 0 amide bonds. The number of hydrogen-bond donors (Lipinski definition) is 0. The number of para-hydroxylation sites is 2. The maximum atomic E-state index is 12.9. The van der Waals surface area contributed by atoms with E-state index >= 15 is 0 Å². The van der Waals surface area contributed by atoms with Crippen LogP contribution in [0.15, 0.2) is 58.3 Å². The standard InChI is InChI=1S/C17H19N3O4S2/c1-25-16-8-4-2-6-14(16)18-10-12-19(13-11-18)26(23,24)17-9-5-3-7-15(17)20(21)22/h2-9H,10-13H2,1H3. The van der Waals surface area contributed by atoms with Crippen molar-refractivity contribution in [1.29, 1.82) is 0 Å². The van der Waals surface area contributed by atoms with E-state index in [1.165, 1.54) is 28.6 Å². The van der Waals surface area contributed by atoms with Gasteiger partial charge >= 0.3 is 0 Å². The van der Waals surface area contributed by atoms with Gasteiger partial charge in [0.05, 0.1) is 10.6 Å². The zero-order valence-electron chi connectivity index (χ0n) is 14.2. The molecule has 0 unspecified atom stereocenters. The van der Waals surface area contributed by atoms with Gasteiger partial charge in [0, 0.05) is 37.1 Å². The molecule has 0 atom stereocenters. The molecule has 1 aliphatic heterocycles. The smallest absolute Gasteiger partial charge is 0.289 e. The van der Waals surface area contributed by atoms with E-state index in [1.54, 1.807) is 11.8 Å². The zero-order valence-corrected chi connectivity index (χ0v) is 15.9. The molecular weight excluding hydrogens is 374 g/mol. The number of hydrogen-bond acceptors (Lipinski definition) is 6. The van der Waals surface area contributed by atoms with Gasteiger partial charge in [-0.1, -0.05) is 24.3 Å². The second kappa shape index (κ2) is 7.65. The molecule has 3 rings (SSSR count). The van der Waals surface area contributed by atoms with Gasteiger partial charge in [-0.3, -0.25) is 10.1 Å². The fourth-order valence-corrected chi connectivity index (χ4v) is 5.23. The average Bonchev–Trinajstić information content (AvgIpc) is 2.68. The normalized spacial score (nSPS) is 15.8. The molecule has 0 aromatic heterocycles. The summed E-state index contributed by atoms with van der Waals surface area (Å²) in [7, 11) is -3.90. The zero-order chi connectivity index (χ0) is 18.7. The molecule has 0 spiro atoms. The molecule has 1 heterocycles. The number of nitro benzene ring substituents is 1. The minimum Gasteiger partial charge on any atom is -0.368 e. The van der Waals surface area contributed by atoms with Crippen molar-refractivity contribution in [2.24, 2.45) is 0 Å². The Bertz CT molecular complexity index is 910. The van der Waals surface area contributed by atoms with E-state index in [4.69, 9.17) is 0 Å². The Morgan fingerprint density at radius 3 is 2.27 bits per heavy atom. The molecule has 7 nitrogen and oxygen atoms in total. The van der Waals surface area contributed by atoms with Crippen molar-refractivity contribution in [3.05, 3.63) is 58.6 Å². The van der Waals surface area contributed by atoms with Crippen LogP contribution in [-0.4, -0.2) is 50.1 Å². The van der Waals surface area contributed by atoms with Gasteiger partial charge in [0.2, 0.25) is 10.0 Å². The molecule has 1 saturated heterocycles. The highest BCUT2D eigenvalue weighted by Crippen LogP contribution is 2.31. The fraction of sp³-hybridized carbons (Fsp3) is 0.294. The maximum absolute atomic E-state index is 12.9. The third-order valence-corrected chi connectivity index (χ3v) is 7.08. The number of rotatable bonds is 5. The van der Waals surface area contributed by atoms with Gasteiger partial charge in [0.25, 0.3) is 5.69 Å². The Balaban J connectivity index is 1.81. The molecule has 26 heavy (non-hydrogen) atoms. The summed E-state index contributed by atoms with van der Waals surface area (Å²) in [5, 5.41) is 11.2. The first kappa shape index (κ1) is 18.7. The number of benzene rings is 2. The largest absolute Gasteiger partial charge is 0.368 e. The van der Waals surface area contributed by atoms with Crippen LogP contribution in [0.4, 0.5) is 11.4 Å². The van der Waals surface area contributed by atoms with Crippen LogP contribution in [0.3, 0.4) is 0 Å². The Labute approximate surface area is 156 Å². The molecule has 0 saturated carbocycles. The predicted molar refractivity (Wildman–Crippen MR) is 102 cm³/mol. The summed E-state index contributed by atoms with van der Waals surface area (Å²) in [5.41, 5.74) is 0.699. The second-order valence-corrected chi connectivity index (χ2v) is 8.54. The molecule has 1 fully saturated rings. The average molecular weight is 393 g/mol. The fourth-order valence-electron chi connectivity index (χ4n) is 3.03. The minimum atomic E-state index is -3.90. The minimum absolute atomic E-state index is 0.247. The van der Waals surface area contributed by atoms with E-state index in [2.05, 4.69) is 4.90 Å². The van der Waals surface area contributed by atoms with Crippen molar-refractivity contribution in [1.82, 2.24) is 4.31 Å². The molecule has 0 N–H and O–H groups in total. The number of piperazine rings is 1. The van der Waals surface area contributed by atoms with Crippen LogP contribution in [0, 0.1) is 10.1 Å². The highest BCUT2D eigenvalue weighted by Gasteiger charge is 2.33. The molecule has 0 radical (unpaired) electrons. The van der Waals surface area contributed by atoms with Crippen LogP contribution in [0.1, 0.15) is 0 Å². The molecule has 0 bridgehead atoms. The van der Waals surface area contributed by atoms with Crippen molar-refractivity contribution in [2.75, 3.05) is 37.3 Å². The number of nitrogens with zero attached hydrogens (tertiary/aromatic N) is 3. The summed E-state index contributed by atoms with van der Waals surface area (Å²) < 4.78 is 27.1. The predicted octanol–water partition coefficient (Wildman–Crippen LogP) is 2.83. The summed E-state index contributed by atoms with van der Waals surface area (Å²) in [6.45, 7) is 1.66. The Kier molecular flexibility index (Phi) is 5.49. The lowest BCUT2D eigenvalue weighted by Crippen LogP contribution is -2.48. The highest BCUT2D eigenvalue weighted by molar-refractivity contribution is 7.98. The van der Waals surface area contributed by atoms with Gasteiger partial charge in [-0.25, -0.2) is 8.42 Å². The second-order valence-electron chi connectivity index (χ2n) is 5.79. The van der Waals surface area contributed by atoms with Crippen LogP contribution in [0.2, 0.25) is 0 Å². The lowest BCUT2D eigenvalue weighted by Gasteiger charge is -2.36. The van der Waals surface area contributed by atoms with E-state index in [-0.39, 0.29) is 23.7 Å². The summed E-state index contributed by atoms with van der Waals surface area (Å²) in [6, 6.07) is 13.5. The van der Waals surface area contributed by atoms with Gasteiger partial charge in [-0.05, 0) is 24.5 Å². The van der Waals surface area contributed by atoms with E-state index in [1.807, 2.05) is 30.5 Å². The van der Waals surface area contributed by atoms with Crippen molar-refractivity contribution >= 4 is 33.2 Å². The van der Waals surface area contributed by atoms with Crippen LogP contribution in [0.5, 0.6) is 0 Å².